The van der Waals surface area contributed by atoms with Gasteiger partial charge in [-0.05, 0) is 32.9 Å². The summed E-state index contributed by atoms with van der Waals surface area (Å²) in [6.07, 6.45) is 0. The molecule has 0 saturated carbocycles. The summed E-state index contributed by atoms with van der Waals surface area (Å²) in [5.41, 5.74) is -0.292. The summed E-state index contributed by atoms with van der Waals surface area (Å²) in [5, 5.41) is 23.3. The number of hydrogen-bond acceptors (Lipinski definition) is 5. The van der Waals surface area contributed by atoms with E-state index in [0.717, 1.165) is 0 Å². The Bertz CT molecular complexity index is 543. The molecule has 0 unspecified atom stereocenters. The van der Waals surface area contributed by atoms with Gasteiger partial charge in [-0.1, -0.05) is 0 Å². The minimum Gasteiger partial charge on any atom is -0.394 e. The lowest BCUT2D eigenvalue weighted by Gasteiger charge is -2.34. The molecule has 1 aromatic carbocycles. The predicted molar refractivity (Wildman–Crippen MR) is 80.5 cm³/mol. The zero-order chi connectivity index (χ0) is 16.2. The van der Waals surface area contributed by atoms with Crippen LogP contribution >= 0.6 is 0 Å². The number of nitrogens with zero attached hydrogens (tertiary/aromatic N) is 2. The lowest BCUT2D eigenvalue weighted by Crippen LogP contribution is -2.47. The molecular weight excluding hydrogens is 274 g/mol. The molecule has 0 heterocycles. The maximum atomic E-state index is 12.4. The molecule has 0 radical (unpaired) electrons. The second kappa shape index (κ2) is 6.53. The molecule has 0 aromatic heterocycles. The number of likely N-dealkylation sites (N-methyl/N-ethyl adjacent to an activating group) is 1. The molecule has 21 heavy (non-hydrogen) atoms. The van der Waals surface area contributed by atoms with Crippen LogP contribution in [0.2, 0.25) is 0 Å². The lowest BCUT2D eigenvalue weighted by molar-refractivity contribution is -0.384. The summed E-state index contributed by atoms with van der Waals surface area (Å²) in [5.74, 6) is -0.375. The van der Waals surface area contributed by atoms with Crippen LogP contribution in [-0.2, 0) is 0 Å². The predicted octanol–water partition coefficient (Wildman–Crippen LogP) is 1.87. The summed E-state index contributed by atoms with van der Waals surface area (Å²) in [7, 11) is 1.56. The Morgan fingerprint density at radius 3 is 2.57 bits per heavy atom. The third-order valence-corrected chi connectivity index (χ3v) is 3.41. The second-order valence-corrected chi connectivity index (χ2v) is 5.35. The van der Waals surface area contributed by atoms with Crippen LogP contribution in [0.25, 0.3) is 0 Å². The topological polar surface area (TPSA) is 95.7 Å². The Morgan fingerprint density at radius 2 is 2.10 bits per heavy atom. The fraction of sp³-hybridized carbons (Fsp3) is 0.500. The van der Waals surface area contributed by atoms with Gasteiger partial charge in [-0.25, -0.2) is 0 Å². The highest BCUT2D eigenvalue weighted by Crippen LogP contribution is 2.27. The number of aliphatic hydroxyl groups is 1. The van der Waals surface area contributed by atoms with Gasteiger partial charge in [0.2, 0.25) is 0 Å². The normalized spacial score (nSPS) is 11.1. The monoisotopic (exact) mass is 295 g/mol. The number of carbonyl (C=O) groups excluding carboxylic acids is 1. The summed E-state index contributed by atoms with van der Waals surface area (Å²) >= 11 is 0. The fourth-order valence-corrected chi connectivity index (χ4v) is 1.73. The van der Waals surface area contributed by atoms with Crippen molar-refractivity contribution in [3.63, 3.8) is 0 Å². The van der Waals surface area contributed by atoms with Crippen LogP contribution in [0.1, 0.15) is 31.1 Å². The molecule has 7 heteroatoms. The van der Waals surface area contributed by atoms with Crippen LogP contribution in [0.4, 0.5) is 11.4 Å². The van der Waals surface area contributed by atoms with Gasteiger partial charge in [-0.2, -0.15) is 0 Å². The van der Waals surface area contributed by atoms with E-state index in [1.165, 1.54) is 23.1 Å². The number of carbonyl (C=O) groups is 1. The Hall–Kier alpha value is -2.15. The Balaban J connectivity index is 3.17. The van der Waals surface area contributed by atoms with E-state index in [4.69, 9.17) is 0 Å². The molecule has 0 aliphatic heterocycles. The van der Waals surface area contributed by atoms with E-state index in [-0.39, 0.29) is 23.8 Å². The van der Waals surface area contributed by atoms with Crippen LogP contribution in [0.15, 0.2) is 18.2 Å². The maximum Gasteiger partial charge on any atom is 0.293 e. The van der Waals surface area contributed by atoms with E-state index < -0.39 is 10.5 Å². The molecule has 2 N–H and O–H groups in total. The molecule has 0 fully saturated rings. The van der Waals surface area contributed by atoms with Crippen molar-refractivity contribution in [2.75, 3.05) is 25.5 Å². The maximum absolute atomic E-state index is 12.4. The third kappa shape index (κ3) is 3.69. The zero-order valence-electron chi connectivity index (χ0n) is 12.7. The Labute approximate surface area is 123 Å². The first kappa shape index (κ1) is 16.9. The average Bonchev–Trinajstić information content (AvgIpc) is 2.46. The van der Waals surface area contributed by atoms with Gasteiger partial charge in [0.1, 0.15) is 5.69 Å². The molecule has 0 atom stereocenters. The number of amides is 1. The number of anilines is 1. The largest absolute Gasteiger partial charge is 0.394 e. The molecule has 0 aliphatic carbocycles. The first-order valence-electron chi connectivity index (χ1n) is 6.66. The van der Waals surface area contributed by atoms with E-state index in [9.17, 15) is 20.0 Å². The van der Waals surface area contributed by atoms with Crippen LogP contribution in [-0.4, -0.2) is 46.6 Å². The second-order valence-electron chi connectivity index (χ2n) is 5.35. The molecule has 1 amide bonds. The van der Waals surface area contributed by atoms with Crippen molar-refractivity contribution in [3.8, 4) is 0 Å². The van der Waals surface area contributed by atoms with E-state index in [0.29, 0.717) is 12.2 Å². The number of rotatable bonds is 6. The number of nitro benzene ring substituents is 1. The Morgan fingerprint density at radius 1 is 1.48 bits per heavy atom. The summed E-state index contributed by atoms with van der Waals surface area (Å²) in [6.45, 7) is 5.61. The Kier molecular flexibility index (Phi) is 5.26. The summed E-state index contributed by atoms with van der Waals surface area (Å²) in [4.78, 5) is 24.3. The standard InChI is InChI=1S/C14H21N3O4/c1-5-15-11-7-6-10(8-12(11)17(20)21)13(19)16(4)14(2,3)9-18/h6-8,15,18H,5,9H2,1-4H3. The SMILES string of the molecule is CCNc1ccc(C(=O)N(C)C(C)(C)CO)cc1[N+](=O)[O-]. The van der Waals surface area contributed by atoms with Crippen molar-refractivity contribution >= 4 is 17.3 Å². The van der Waals surface area contributed by atoms with Gasteiger partial charge in [0.05, 0.1) is 17.1 Å². The van der Waals surface area contributed by atoms with Gasteiger partial charge in [0.25, 0.3) is 11.6 Å². The van der Waals surface area contributed by atoms with Crippen molar-refractivity contribution in [1.29, 1.82) is 0 Å². The lowest BCUT2D eigenvalue weighted by atomic mass is 10.0. The molecule has 1 rings (SSSR count). The van der Waals surface area contributed by atoms with Gasteiger partial charge >= 0.3 is 0 Å². The average molecular weight is 295 g/mol. The summed E-state index contributed by atoms with van der Waals surface area (Å²) < 4.78 is 0. The number of nitro groups is 1. The van der Waals surface area contributed by atoms with Gasteiger partial charge < -0.3 is 15.3 Å². The van der Waals surface area contributed by atoms with Crippen LogP contribution in [0, 0.1) is 10.1 Å². The van der Waals surface area contributed by atoms with Crippen molar-refractivity contribution in [3.05, 3.63) is 33.9 Å². The van der Waals surface area contributed by atoms with Crippen molar-refractivity contribution < 1.29 is 14.8 Å². The van der Waals surface area contributed by atoms with E-state index >= 15 is 0 Å². The molecule has 1 aromatic rings. The highest BCUT2D eigenvalue weighted by atomic mass is 16.6. The van der Waals surface area contributed by atoms with Gasteiger partial charge in [-0.15, -0.1) is 0 Å². The molecule has 0 aliphatic rings. The number of hydrogen-bond donors (Lipinski definition) is 2. The molecule has 0 spiro atoms. The molecule has 7 nitrogen and oxygen atoms in total. The van der Waals surface area contributed by atoms with E-state index in [1.54, 1.807) is 20.9 Å². The van der Waals surface area contributed by atoms with Gasteiger partial charge in [0.15, 0.2) is 0 Å². The highest BCUT2D eigenvalue weighted by molar-refractivity contribution is 5.96. The minimum absolute atomic E-state index is 0.141. The van der Waals surface area contributed by atoms with E-state index in [2.05, 4.69) is 5.32 Å². The third-order valence-electron chi connectivity index (χ3n) is 3.41. The highest BCUT2D eigenvalue weighted by Gasteiger charge is 2.28. The first-order chi connectivity index (χ1) is 9.74. The summed E-state index contributed by atoms with van der Waals surface area (Å²) in [6, 6.07) is 4.32. The zero-order valence-corrected chi connectivity index (χ0v) is 12.7. The number of nitrogens with one attached hydrogen (secondary N) is 1. The number of benzene rings is 1. The van der Waals surface area contributed by atoms with Crippen molar-refractivity contribution in [1.82, 2.24) is 4.90 Å². The van der Waals surface area contributed by atoms with E-state index in [1.807, 2.05) is 6.92 Å². The van der Waals surface area contributed by atoms with Crippen LogP contribution in [0.3, 0.4) is 0 Å². The molecule has 0 bridgehead atoms. The van der Waals surface area contributed by atoms with Crippen LogP contribution in [0.5, 0.6) is 0 Å². The molecule has 0 saturated heterocycles. The molecular formula is C14H21N3O4. The van der Waals surface area contributed by atoms with Gasteiger partial charge in [-0.3, -0.25) is 14.9 Å². The minimum atomic E-state index is -0.744. The smallest absolute Gasteiger partial charge is 0.293 e. The van der Waals surface area contributed by atoms with Gasteiger partial charge in [0, 0.05) is 25.2 Å². The number of aliphatic hydroxyl groups excluding tert-OH is 1. The molecule has 116 valence electrons. The van der Waals surface area contributed by atoms with Crippen LogP contribution < -0.4 is 5.32 Å². The fourth-order valence-electron chi connectivity index (χ4n) is 1.73. The van der Waals surface area contributed by atoms with Crippen molar-refractivity contribution in [2.24, 2.45) is 0 Å². The first-order valence-corrected chi connectivity index (χ1v) is 6.66. The van der Waals surface area contributed by atoms with Crippen molar-refractivity contribution in [2.45, 2.75) is 26.3 Å². The quantitative estimate of drug-likeness (QED) is 0.617.